The van der Waals surface area contributed by atoms with Crippen molar-refractivity contribution in [1.82, 2.24) is 0 Å². The molecule has 0 unspecified atom stereocenters. The van der Waals surface area contributed by atoms with Gasteiger partial charge in [0.05, 0.1) is 21.7 Å². The summed E-state index contributed by atoms with van der Waals surface area (Å²) in [5, 5.41) is 0.951. The van der Waals surface area contributed by atoms with Crippen LogP contribution in [0.1, 0.15) is 40.0 Å². The quantitative estimate of drug-likeness (QED) is 0.308. The van der Waals surface area contributed by atoms with E-state index in [0.717, 1.165) is 18.8 Å². The van der Waals surface area contributed by atoms with Crippen LogP contribution in [0.5, 0.6) is 5.75 Å². The van der Waals surface area contributed by atoms with Gasteiger partial charge in [-0.2, -0.15) is 0 Å². The Morgan fingerprint density at radius 1 is 1.23 bits per heavy atom. The minimum absolute atomic E-state index is 0.299. The van der Waals surface area contributed by atoms with Gasteiger partial charge in [-0.3, -0.25) is 0 Å². The lowest BCUT2D eigenvalue weighted by molar-refractivity contribution is -0.151. The molecule has 1 fully saturated rings. The van der Waals surface area contributed by atoms with Crippen LogP contribution >= 0.6 is 34.8 Å². The van der Waals surface area contributed by atoms with E-state index in [0.29, 0.717) is 38.8 Å². The summed E-state index contributed by atoms with van der Waals surface area (Å²) in [6.45, 7) is 6.66. The largest absolute Gasteiger partial charge is 0.477 e. The Kier molecular flexibility index (Phi) is 5.81. The zero-order valence-electron chi connectivity index (χ0n) is 15.2. The normalized spacial score (nSPS) is 24.3. The lowest BCUT2D eigenvalue weighted by Gasteiger charge is -2.56. The highest BCUT2D eigenvalue weighted by Gasteiger charge is 2.50. The Morgan fingerprint density at radius 2 is 1.92 bits per heavy atom. The number of carbonyl (C=O) groups excluding carboxylic acids is 1. The summed E-state index contributed by atoms with van der Waals surface area (Å²) in [7, 11) is 0. The molecule has 4 rings (SSSR count). The van der Waals surface area contributed by atoms with Crippen molar-refractivity contribution in [2.45, 2.75) is 46.1 Å². The van der Waals surface area contributed by atoms with Crippen LogP contribution in [0.4, 0.5) is 0 Å². The summed E-state index contributed by atoms with van der Waals surface area (Å²) in [6.07, 6.45) is 4.74. The summed E-state index contributed by atoms with van der Waals surface area (Å²) < 4.78 is 11.0. The van der Waals surface area contributed by atoms with Gasteiger partial charge in [0.25, 0.3) is 0 Å². The second-order valence-corrected chi connectivity index (χ2v) is 8.92. The molecule has 0 amide bonds. The molecule has 1 saturated carbocycles. The standard InChI is InChI=1S/C20H23Cl3O3/c1-11(26-18-10-16(22)15(21)9-17(18)23)19(24)25-7-6-12-4-5-13-8-14(12)20(13,2)3/h4,9-11,13-14H,5-8H2,1-3H3/t11-,13-,14+/m1/s1. The van der Waals surface area contributed by atoms with Crippen molar-refractivity contribution in [2.75, 3.05) is 6.61 Å². The third kappa shape index (κ3) is 3.85. The molecule has 142 valence electrons. The maximum atomic E-state index is 12.2. The van der Waals surface area contributed by atoms with Gasteiger partial charge in [-0.15, -0.1) is 0 Å². The molecule has 3 aliphatic rings. The molecular formula is C20H23Cl3O3. The van der Waals surface area contributed by atoms with Crippen LogP contribution in [-0.2, 0) is 9.53 Å². The van der Waals surface area contributed by atoms with Gasteiger partial charge in [-0.25, -0.2) is 4.79 Å². The van der Waals surface area contributed by atoms with Crippen LogP contribution in [0.3, 0.4) is 0 Å². The molecule has 3 atom stereocenters. The van der Waals surface area contributed by atoms with Gasteiger partial charge >= 0.3 is 5.97 Å². The van der Waals surface area contributed by atoms with Crippen molar-refractivity contribution in [3.8, 4) is 5.75 Å². The highest BCUT2D eigenvalue weighted by Crippen LogP contribution is 2.59. The lowest BCUT2D eigenvalue weighted by Crippen LogP contribution is -2.48. The van der Waals surface area contributed by atoms with E-state index in [4.69, 9.17) is 44.3 Å². The number of benzene rings is 1. The second-order valence-electron chi connectivity index (χ2n) is 7.70. The van der Waals surface area contributed by atoms with E-state index in [9.17, 15) is 4.79 Å². The maximum Gasteiger partial charge on any atom is 0.347 e. The molecule has 0 spiro atoms. The molecule has 2 bridgehead atoms. The number of rotatable bonds is 6. The molecule has 0 aromatic heterocycles. The fraction of sp³-hybridized carbons (Fsp3) is 0.550. The van der Waals surface area contributed by atoms with Crippen molar-refractivity contribution in [3.63, 3.8) is 0 Å². The predicted molar refractivity (Wildman–Crippen MR) is 105 cm³/mol. The molecule has 0 N–H and O–H groups in total. The third-order valence-corrected chi connectivity index (χ3v) is 6.85. The average Bonchev–Trinajstić information content (AvgIpc) is 2.59. The van der Waals surface area contributed by atoms with Crippen LogP contribution in [-0.4, -0.2) is 18.7 Å². The predicted octanol–water partition coefficient (Wildman–Crippen LogP) is 6.34. The smallest absolute Gasteiger partial charge is 0.347 e. The van der Waals surface area contributed by atoms with E-state index >= 15 is 0 Å². The number of hydrogen-bond donors (Lipinski definition) is 0. The summed E-state index contributed by atoms with van der Waals surface area (Å²) in [5.74, 6) is 1.32. The van der Waals surface area contributed by atoms with Crippen molar-refractivity contribution in [3.05, 3.63) is 38.8 Å². The summed E-state index contributed by atoms with van der Waals surface area (Å²) in [5.41, 5.74) is 1.81. The first-order chi connectivity index (χ1) is 12.2. The van der Waals surface area contributed by atoms with Crippen LogP contribution in [0.2, 0.25) is 15.1 Å². The Balaban J connectivity index is 1.49. The fourth-order valence-corrected chi connectivity index (χ4v) is 4.56. The molecule has 3 aliphatic carbocycles. The summed E-state index contributed by atoms with van der Waals surface area (Å²) in [4.78, 5) is 12.2. The molecule has 0 radical (unpaired) electrons. The number of hydrogen-bond acceptors (Lipinski definition) is 3. The van der Waals surface area contributed by atoms with E-state index in [-0.39, 0.29) is 0 Å². The van der Waals surface area contributed by atoms with Gasteiger partial charge in [0.2, 0.25) is 0 Å². The van der Waals surface area contributed by atoms with Crippen LogP contribution in [0.25, 0.3) is 0 Å². The van der Waals surface area contributed by atoms with Gasteiger partial charge in [0, 0.05) is 12.5 Å². The molecular weight excluding hydrogens is 395 g/mol. The molecule has 3 nitrogen and oxygen atoms in total. The summed E-state index contributed by atoms with van der Waals surface area (Å²) in [6, 6.07) is 2.99. The van der Waals surface area contributed by atoms with E-state index < -0.39 is 12.1 Å². The zero-order valence-corrected chi connectivity index (χ0v) is 17.4. The van der Waals surface area contributed by atoms with Gasteiger partial charge < -0.3 is 9.47 Å². The first-order valence-electron chi connectivity index (χ1n) is 8.87. The Labute approximate surface area is 169 Å². The van der Waals surface area contributed by atoms with Crippen LogP contribution in [0, 0.1) is 17.3 Å². The number of ether oxygens (including phenoxy) is 2. The SMILES string of the molecule is C[C@@H](Oc1cc(Cl)c(Cl)cc1Cl)C(=O)OCCC1=CC[C@@H]2C[C@@H]1C2(C)C. The van der Waals surface area contributed by atoms with Gasteiger partial charge in [-0.1, -0.05) is 60.3 Å². The molecule has 1 aromatic rings. The number of carbonyl (C=O) groups is 1. The molecule has 0 saturated heterocycles. The Hall–Kier alpha value is -0.900. The number of fused-ring (bicyclic) bond motifs is 1. The minimum Gasteiger partial charge on any atom is -0.477 e. The van der Waals surface area contributed by atoms with E-state index in [1.165, 1.54) is 24.1 Å². The molecule has 6 heteroatoms. The first-order valence-corrected chi connectivity index (χ1v) is 10.00. The highest BCUT2D eigenvalue weighted by atomic mass is 35.5. The molecule has 0 heterocycles. The molecule has 1 aromatic carbocycles. The van der Waals surface area contributed by atoms with Crippen molar-refractivity contribution in [1.29, 1.82) is 0 Å². The van der Waals surface area contributed by atoms with E-state index in [2.05, 4.69) is 19.9 Å². The monoisotopic (exact) mass is 416 g/mol. The van der Waals surface area contributed by atoms with Crippen molar-refractivity contribution in [2.24, 2.45) is 17.3 Å². The van der Waals surface area contributed by atoms with Gasteiger partial charge in [0.1, 0.15) is 5.75 Å². The number of allylic oxidation sites excluding steroid dienone is 1. The average molecular weight is 418 g/mol. The third-order valence-electron chi connectivity index (χ3n) is 5.83. The summed E-state index contributed by atoms with van der Waals surface area (Å²) >= 11 is 17.9. The first kappa shape index (κ1) is 19.9. The van der Waals surface area contributed by atoms with E-state index in [1.807, 2.05) is 0 Å². The maximum absolute atomic E-state index is 12.2. The van der Waals surface area contributed by atoms with E-state index in [1.54, 1.807) is 6.92 Å². The second kappa shape index (κ2) is 7.61. The van der Waals surface area contributed by atoms with Crippen molar-refractivity contribution >= 4 is 40.8 Å². The van der Waals surface area contributed by atoms with Crippen LogP contribution in [0.15, 0.2) is 23.8 Å². The minimum atomic E-state index is -0.783. The van der Waals surface area contributed by atoms with Crippen LogP contribution < -0.4 is 4.74 Å². The zero-order chi connectivity index (χ0) is 19.1. The highest BCUT2D eigenvalue weighted by molar-refractivity contribution is 6.43. The van der Waals surface area contributed by atoms with Gasteiger partial charge in [0.15, 0.2) is 6.10 Å². The van der Waals surface area contributed by atoms with Crippen molar-refractivity contribution < 1.29 is 14.3 Å². The fourth-order valence-electron chi connectivity index (χ4n) is 3.98. The Bertz CT molecular complexity index is 742. The molecule has 26 heavy (non-hydrogen) atoms. The topological polar surface area (TPSA) is 35.5 Å². The number of esters is 1. The van der Waals surface area contributed by atoms with Gasteiger partial charge in [-0.05, 0) is 43.1 Å². The lowest BCUT2D eigenvalue weighted by atomic mass is 9.48. The Morgan fingerprint density at radius 3 is 2.58 bits per heavy atom. The molecule has 0 aliphatic heterocycles. The number of halogens is 3.